The number of hydrogen-bond acceptors (Lipinski definition) is 3. The predicted octanol–water partition coefficient (Wildman–Crippen LogP) is 2.84. The number of hydrogen-bond donors (Lipinski definition) is 0. The van der Waals surface area contributed by atoms with E-state index in [0.29, 0.717) is 6.54 Å². The monoisotopic (exact) mass is 287 g/mol. The third-order valence-electron chi connectivity index (χ3n) is 4.41. The third kappa shape index (κ3) is 2.75. The van der Waals surface area contributed by atoms with Gasteiger partial charge in [0.2, 0.25) is 5.91 Å². The van der Waals surface area contributed by atoms with Gasteiger partial charge in [-0.05, 0) is 36.1 Å². The summed E-state index contributed by atoms with van der Waals surface area (Å²) in [6, 6.07) is 8.03. The molecule has 4 nitrogen and oxygen atoms in total. The van der Waals surface area contributed by atoms with Crippen LogP contribution in [-0.4, -0.2) is 36.6 Å². The van der Waals surface area contributed by atoms with Gasteiger partial charge in [-0.2, -0.15) is 0 Å². The van der Waals surface area contributed by atoms with Crippen molar-refractivity contribution in [2.75, 3.05) is 20.2 Å². The quantitative estimate of drug-likeness (QED) is 0.839. The number of ether oxygens (including phenoxy) is 2. The maximum atomic E-state index is 11.6. The number of nitrogens with zero attached hydrogens (tertiary/aromatic N) is 1. The fourth-order valence-electron chi connectivity index (χ4n) is 3.21. The van der Waals surface area contributed by atoms with E-state index in [0.717, 1.165) is 37.1 Å². The van der Waals surface area contributed by atoms with Gasteiger partial charge >= 0.3 is 0 Å². The number of methoxy groups -OCH3 is 1. The van der Waals surface area contributed by atoms with E-state index < -0.39 is 0 Å². The molecule has 1 unspecified atom stereocenters. The van der Waals surface area contributed by atoms with Gasteiger partial charge in [0.25, 0.3) is 0 Å². The molecule has 1 atom stereocenters. The molecule has 0 radical (unpaired) electrons. The predicted molar refractivity (Wildman–Crippen MR) is 80.9 cm³/mol. The molecule has 4 heteroatoms. The fraction of sp³-hybridized carbons (Fsp3) is 0.471. The lowest BCUT2D eigenvalue weighted by atomic mass is 9.86. The highest BCUT2D eigenvalue weighted by Gasteiger charge is 2.41. The summed E-state index contributed by atoms with van der Waals surface area (Å²) in [4.78, 5) is 13.5. The summed E-state index contributed by atoms with van der Waals surface area (Å²) in [7, 11) is 1.67. The first-order chi connectivity index (χ1) is 10.1. The summed E-state index contributed by atoms with van der Waals surface area (Å²) in [5.41, 5.74) is 2.13. The van der Waals surface area contributed by atoms with Crippen LogP contribution in [0.1, 0.15) is 31.7 Å². The maximum Gasteiger partial charge on any atom is 0.219 e. The van der Waals surface area contributed by atoms with E-state index in [1.165, 1.54) is 5.57 Å². The lowest BCUT2D eigenvalue weighted by Crippen LogP contribution is -2.49. The number of carbonyl (C=O) groups excluding carboxylic acids is 1. The summed E-state index contributed by atoms with van der Waals surface area (Å²) >= 11 is 0. The second-order valence-corrected chi connectivity index (χ2v) is 5.89. The van der Waals surface area contributed by atoms with Crippen molar-refractivity contribution in [3.63, 3.8) is 0 Å². The zero-order valence-corrected chi connectivity index (χ0v) is 12.6. The minimum Gasteiger partial charge on any atom is -0.497 e. The van der Waals surface area contributed by atoms with Crippen molar-refractivity contribution >= 4 is 11.5 Å². The van der Waals surface area contributed by atoms with Gasteiger partial charge in [-0.15, -0.1) is 0 Å². The first-order valence-electron chi connectivity index (χ1n) is 7.39. The number of carbonyl (C=O) groups is 1. The molecule has 0 aliphatic carbocycles. The van der Waals surface area contributed by atoms with Crippen LogP contribution in [0.2, 0.25) is 0 Å². The van der Waals surface area contributed by atoms with E-state index in [1.807, 2.05) is 23.3 Å². The van der Waals surface area contributed by atoms with Gasteiger partial charge in [0.1, 0.15) is 11.4 Å². The lowest BCUT2D eigenvalue weighted by molar-refractivity contribution is -0.135. The van der Waals surface area contributed by atoms with E-state index in [-0.39, 0.29) is 11.5 Å². The lowest BCUT2D eigenvalue weighted by Gasteiger charge is -2.39. The van der Waals surface area contributed by atoms with Gasteiger partial charge < -0.3 is 14.4 Å². The zero-order chi connectivity index (χ0) is 14.9. The molecule has 1 aromatic carbocycles. The molecule has 1 saturated heterocycles. The van der Waals surface area contributed by atoms with Crippen molar-refractivity contribution < 1.29 is 14.3 Å². The molecule has 1 aromatic rings. The number of likely N-dealkylation sites (tertiary alicyclic amines) is 1. The highest BCUT2D eigenvalue weighted by Crippen LogP contribution is 2.40. The van der Waals surface area contributed by atoms with Gasteiger partial charge in [0.05, 0.1) is 19.9 Å². The van der Waals surface area contributed by atoms with Crippen LogP contribution in [0.3, 0.4) is 0 Å². The Morgan fingerprint density at radius 2 is 2.10 bits per heavy atom. The fourth-order valence-corrected chi connectivity index (χ4v) is 3.21. The Kier molecular flexibility index (Phi) is 3.62. The second kappa shape index (κ2) is 5.43. The minimum absolute atomic E-state index is 0.135. The first-order valence-corrected chi connectivity index (χ1v) is 7.39. The summed E-state index contributed by atoms with van der Waals surface area (Å²) < 4.78 is 11.2. The van der Waals surface area contributed by atoms with Crippen LogP contribution in [0.25, 0.3) is 5.57 Å². The topological polar surface area (TPSA) is 38.8 Å². The first kappa shape index (κ1) is 14.0. The summed E-state index contributed by atoms with van der Waals surface area (Å²) in [5, 5.41) is 0. The summed E-state index contributed by atoms with van der Waals surface area (Å²) in [6.45, 7) is 3.17. The Bertz CT molecular complexity index is 564. The number of benzene rings is 1. The molecule has 3 rings (SSSR count). The normalized spacial score (nSPS) is 24.7. The van der Waals surface area contributed by atoms with Gasteiger partial charge in [-0.25, -0.2) is 0 Å². The zero-order valence-electron chi connectivity index (χ0n) is 12.6. The van der Waals surface area contributed by atoms with Gasteiger partial charge in [-0.3, -0.25) is 4.79 Å². The van der Waals surface area contributed by atoms with E-state index in [1.54, 1.807) is 14.0 Å². The molecule has 2 aliphatic heterocycles. The molecule has 1 fully saturated rings. The van der Waals surface area contributed by atoms with E-state index in [4.69, 9.17) is 9.47 Å². The Morgan fingerprint density at radius 3 is 2.76 bits per heavy atom. The molecule has 0 saturated carbocycles. The molecule has 1 spiro atoms. The molecule has 2 heterocycles. The van der Waals surface area contributed by atoms with Crippen molar-refractivity contribution in [3.8, 4) is 5.75 Å². The Hall–Kier alpha value is -1.97. The van der Waals surface area contributed by atoms with Crippen LogP contribution >= 0.6 is 0 Å². The van der Waals surface area contributed by atoms with Crippen molar-refractivity contribution in [1.29, 1.82) is 0 Å². The molecule has 112 valence electrons. The molecular weight excluding hydrogens is 266 g/mol. The third-order valence-corrected chi connectivity index (χ3v) is 4.41. The number of rotatable bonds is 2. The molecule has 21 heavy (non-hydrogen) atoms. The average Bonchev–Trinajstić information content (AvgIpc) is 2.91. The summed E-state index contributed by atoms with van der Waals surface area (Å²) in [5.74, 6) is 0.990. The SMILES string of the molecule is COc1ccc(C2=COC3(CCCN(C(C)=O)C3)C2)cc1. The summed E-state index contributed by atoms with van der Waals surface area (Å²) in [6.07, 6.45) is 4.74. The number of amides is 1. The Morgan fingerprint density at radius 1 is 1.33 bits per heavy atom. The average molecular weight is 287 g/mol. The van der Waals surface area contributed by atoms with Crippen LogP contribution in [0.15, 0.2) is 30.5 Å². The molecular formula is C17H21NO3. The van der Waals surface area contributed by atoms with Gasteiger partial charge in [-0.1, -0.05) is 12.1 Å². The van der Waals surface area contributed by atoms with Crippen molar-refractivity contribution in [1.82, 2.24) is 4.90 Å². The molecule has 0 bridgehead atoms. The van der Waals surface area contributed by atoms with Crippen molar-refractivity contribution in [3.05, 3.63) is 36.1 Å². The maximum absolute atomic E-state index is 11.6. The van der Waals surface area contributed by atoms with Crippen LogP contribution in [0.4, 0.5) is 0 Å². The number of piperidine rings is 1. The highest BCUT2D eigenvalue weighted by atomic mass is 16.5. The van der Waals surface area contributed by atoms with Gasteiger partial charge in [0, 0.05) is 19.9 Å². The Labute approximate surface area is 125 Å². The molecule has 0 N–H and O–H groups in total. The van der Waals surface area contributed by atoms with Crippen LogP contribution in [0.5, 0.6) is 5.75 Å². The molecule has 2 aliphatic rings. The minimum atomic E-state index is -0.223. The second-order valence-electron chi connectivity index (χ2n) is 5.89. The van der Waals surface area contributed by atoms with Gasteiger partial charge in [0.15, 0.2) is 0 Å². The molecule has 1 amide bonds. The van der Waals surface area contributed by atoms with Crippen molar-refractivity contribution in [2.24, 2.45) is 0 Å². The highest BCUT2D eigenvalue weighted by molar-refractivity contribution is 5.74. The Balaban J connectivity index is 1.72. The van der Waals surface area contributed by atoms with E-state index in [2.05, 4.69) is 12.1 Å². The van der Waals surface area contributed by atoms with Crippen LogP contribution < -0.4 is 4.74 Å². The van der Waals surface area contributed by atoms with Crippen molar-refractivity contribution in [2.45, 2.75) is 31.8 Å². The smallest absolute Gasteiger partial charge is 0.219 e. The van der Waals surface area contributed by atoms with Crippen LogP contribution in [-0.2, 0) is 9.53 Å². The van der Waals surface area contributed by atoms with Crippen LogP contribution in [0, 0.1) is 0 Å². The van der Waals surface area contributed by atoms with E-state index >= 15 is 0 Å². The largest absolute Gasteiger partial charge is 0.497 e. The van der Waals surface area contributed by atoms with E-state index in [9.17, 15) is 4.79 Å². The molecule has 0 aromatic heterocycles. The standard InChI is InChI=1S/C17H21NO3/c1-13(19)18-9-3-8-17(12-18)10-15(11-21-17)14-4-6-16(20-2)7-5-14/h4-7,11H,3,8-10,12H2,1-2H3.